The summed E-state index contributed by atoms with van der Waals surface area (Å²) in [5.41, 5.74) is 4.68. The zero-order valence-corrected chi connectivity index (χ0v) is 14.1. The first-order chi connectivity index (χ1) is 12.2. The Balaban J connectivity index is 1.65. The third-order valence-electron chi connectivity index (χ3n) is 4.92. The number of carboxylic acids is 1. The lowest BCUT2D eigenvalue weighted by molar-refractivity contribution is -0.132. The molecule has 0 unspecified atom stereocenters. The van der Waals surface area contributed by atoms with Gasteiger partial charge in [0, 0.05) is 36.3 Å². The molecule has 2 aromatic carbocycles. The van der Waals surface area contributed by atoms with Crippen LogP contribution in [0.4, 0.5) is 5.69 Å². The van der Waals surface area contributed by atoms with E-state index in [0.717, 1.165) is 35.5 Å². The van der Waals surface area contributed by atoms with Gasteiger partial charge in [-0.05, 0) is 54.3 Å². The maximum Gasteiger partial charge on any atom is 0.331 e. The Hall–Kier alpha value is -2.75. The molecule has 2 aliphatic heterocycles. The third kappa shape index (κ3) is 3.25. The highest BCUT2D eigenvalue weighted by Crippen LogP contribution is 2.32. The summed E-state index contributed by atoms with van der Waals surface area (Å²) in [6.45, 7) is 2.67. The minimum Gasteiger partial charge on any atom is -0.493 e. The van der Waals surface area contributed by atoms with Crippen LogP contribution in [0.15, 0.2) is 48.0 Å². The van der Waals surface area contributed by atoms with Crippen LogP contribution in [-0.2, 0) is 4.79 Å². The number of carboxylic acid groups (broad SMARTS) is 1. The fourth-order valence-electron chi connectivity index (χ4n) is 3.51. The molecule has 128 valence electrons. The van der Waals surface area contributed by atoms with Gasteiger partial charge in [-0.15, -0.1) is 0 Å². The number of ether oxygens (including phenoxy) is 1. The van der Waals surface area contributed by atoms with Crippen LogP contribution < -0.4 is 9.64 Å². The average Bonchev–Trinajstić information content (AvgIpc) is 3.08. The number of nitrogens with zero attached hydrogens (tertiary/aromatic N) is 1. The number of hydrogen-bond donors (Lipinski definition) is 1. The molecule has 1 N–H and O–H groups in total. The van der Waals surface area contributed by atoms with Gasteiger partial charge in [0.25, 0.3) is 0 Å². The molecule has 0 aliphatic carbocycles. The molecule has 1 saturated heterocycles. The molecule has 2 aromatic rings. The fraction of sp³-hybridized carbons (Fsp3) is 0.286. The van der Waals surface area contributed by atoms with E-state index in [4.69, 9.17) is 4.74 Å². The quantitative estimate of drug-likeness (QED) is 0.913. The number of hydrogen-bond acceptors (Lipinski definition) is 3. The molecule has 0 radical (unpaired) electrons. The zero-order valence-electron chi connectivity index (χ0n) is 14.1. The first-order valence-electron chi connectivity index (χ1n) is 8.77. The molecule has 4 nitrogen and oxygen atoms in total. The minimum atomic E-state index is -0.878. The van der Waals surface area contributed by atoms with E-state index in [0.29, 0.717) is 18.6 Å². The lowest BCUT2D eigenvalue weighted by atomic mass is 10.0. The topological polar surface area (TPSA) is 49.8 Å². The Labute approximate surface area is 147 Å². The van der Waals surface area contributed by atoms with Crippen molar-refractivity contribution < 1.29 is 14.6 Å². The SMILES string of the molecule is O=C(O)C1=Cc2cc(-c3ccc(N4CCCC4)cc3)ccc2OCC1. The van der Waals surface area contributed by atoms with Crippen LogP contribution in [0.1, 0.15) is 24.8 Å². The molecule has 0 bridgehead atoms. The highest BCUT2D eigenvalue weighted by Gasteiger charge is 2.16. The van der Waals surface area contributed by atoms with Crippen molar-refractivity contribution in [2.75, 3.05) is 24.6 Å². The third-order valence-corrected chi connectivity index (χ3v) is 4.92. The van der Waals surface area contributed by atoms with Crippen molar-refractivity contribution in [2.24, 2.45) is 0 Å². The molecule has 4 heteroatoms. The van der Waals surface area contributed by atoms with E-state index < -0.39 is 5.97 Å². The van der Waals surface area contributed by atoms with Crippen LogP contribution in [-0.4, -0.2) is 30.8 Å². The van der Waals surface area contributed by atoms with Crippen molar-refractivity contribution >= 4 is 17.7 Å². The molecule has 0 amide bonds. The van der Waals surface area contributed by atoms with Crippen LogP contribution in [0.25, 0.3) is 17.2 Å². The van der Waals surface area contributed by atoms with Gasteiger partial charge < -0.3 is 14.7 Å². The Bertz CT molecular complexity index is 818. The van der Waals surface area contributed by atoms with Crippen LogP contribution in [0.2, 0.25) is 0 Å². The summed E-state index contributed by atoms with van der Waals surface area (Å²) in [5, 5.41) is 9.28. The van der Waals surface area contributed by atoms with Gasteiger partial charge in [-0.2, -0.15) is 0 Å². The van der Waals surface area contributed by atoms with Gasteiger partial charge in [0.1, 0.15) is 5.75 Å². The molecule has 25 heavy (non-hydrogen) atoms. The maximum absolute atomic E-state index is 11.3. The van der Waals surface area contributed by atoms with Crippen LogP contribution in [0.3, 0.4) is 0 Å². The summed E-state index contributed by atoms with van der Waals surface area (Å²) in [4.78, 5) is 13.7. The van der Waals surface area contributed by atoms with E-state index in [1.54, 1.807) is 6.08 Å². The standard InChI is InChI=1S/C21H21NO3/c23-21(24)17-9-12-25-20-8-5-16(13-18(20)14-17)15-3-6-19(7-4-15)22-10-1-2-11-22/h3-8,13-14H,1-2,9-12H2,(H,23,24). The Kier molecular flexibility index (Phi) is 4.18. The highest BCUT2D eigenvalue weighted by atomic mass is 16.5. The van der Waals surface area contributed by atoms with E-state index in [-0.39, 0.29) is 0 Å². The van der Waals surface area contributed by atoms with Crippen molar-refractivity contribution in [1.82, 2.24) is 0 Å². The summed E-state index contributed by atoms with van der Waals surface area (Å²) in [6, 6.07) is 14.6. The van der Waals surface area contributed by atoms with Gasteiger partial charge in [0.2, 0.25) is 0 Å². The van der Waals surface area contributed by atoms with E-state index >= 15 is 0 Å². The van der Waals surface area contributed by atoms with Gasteiger partial charge in [-0.1, -0.05) is 18.2 Å². The van der Waals surface area contributed by atoms with Crippen LogP contribution in [0.5, 0.6) is 5.75 Å². The zero-order chi connectivity index (χ0) is 17.2. The van der Waals surface area contributed by atoms with E-state index in [1.807, 2.05) is 18.2 Å². The lowest BCUT2D eigenvalue weighted by Crippen LogP contribution is -2.17. The van der Waals surface area contributed by atoms with E-state index in [1.165, 1.54) is 18.5 Å². The van der Waals surface area contributed by atoms with Gasteiger partial charge in [-0.25, -0.2) is 4.79 Å². The smallest absolute Gasteiger partial charge is 0.331 e. The van der Waals surface area contributed by atoms with E-state index in [9.17, 15) is 9.90 Å². The molecule has 0 spiro atoms. The van der Waals surface area contributed by atoms with Crippen LogP contribution in [0, 0.1) is 0 Å². The highest BCUT2D eigenvalue weighted by molar-refractivity contribution is 5.93. The van der Waals surface area contributed by atoms with Crippen molar-refractivity contribution in [3.05, 3.63) is 53.6 Å². The predicted octanol–water partition coefficient (Wildman–Crippen LogP) is 4.20. The van der Waals surface area contributed by atoms with Crippen molar-refractivity contribution in [3.8, 4) is 16.9 Å². The first-order valence-corrected chi connectivity index (χ1v) is 8.77. The summed E-state index contributed by atoms with van der Waals surface area (Å²) in [5.74, 6) is -0.134. The number of fused-ring (bicyclic) bond motifs is 1. The van der Waals surface area contributed by atoms with Crippen molar-refractivity contribution in [3.63, 3.8) is 0 Å². The second kappa shape index (κ2) is 6.63. The monoisotopic (exact) mass is 335 g/mol. The molecular formula is C21H21NO3. The number of anilines is 1. The summed E-state index contributed by atoms with van der Waals surface area (Å²) < 4.78 is 5.68. The second-order valence-corrected chi connectivity index (χ2v) is 6.57. The van der Waals surface area contributed by atoms with Gasteiger partial charge >= 0.3 is 5.97 Å². The Morgan fingerprint density at radius 2 is 1.72 bits per heavy atom. The molecule has 2 heterocycles. The molecule has 1 fully saturated rings. The largest absolute Gasteiger partial charge is 0.493 e. The lowest BCUT2D eigenvalue weighted by Gasteiger charge is -2.18. The van der Waals surface area contributed by atoms with Crippen molar-refractivity contribution in [2.45, 2.75) is 19.3 Å². The molecule has 0 aromatic heterocycles. The fourth-order valence-corrected chi connectivity index (χ4v) is 3.51. The normalized spacial score (nSPS) is 16.6. The van der Waals surface area contributed by atoms with E-state index in [2.05, 4.69) is 29.2 Å². The summed E-state index contributed by atoms with van der Waals surface area (Å²) in [6.07, 6.45) is 4.69. The molecular weight excluding hydrogens is 314 g/mol. The van der Waals surface area contributed by atoms with Crippen LogP contribution >= 0.6 is 0 Å². The average molecular weight is 335 g/mol. The molecule has 4 rings (SSSR count). The molecule has 2 aliphatic rings. The van der Waals surface area contributed by atoms with Gasteiger partial charge in [0.05, 0.1) is 6.61 Å². The molecule has 0 atom stereocenters. The number of carbonyl (C=O) groups is 1. The molecule has 0 saturated carbocycles. The number of benzene rings is 2. The Morgan fingerprint density at radius 3 is 2.44 bits per heavy atom. The van der Waals surface area contributed by atoms with Crippen molar-refractivity contribution in [1.29, 1.82) is 0 Å². The first kappa shape index (κ1) is 15.8. The predicted molar refractivity (Wildman–Crippen MR) is 99.0 cm³/mol. The maximum atomic E-state index is 11.3. The summed E-state index contributed by atoms with van der Waals surface area (Å²) in [7, 11) is 0. The van der Waals surface area contributed by atoms with Gasteiger partial charge in [0.15, 0.2) is 0 Å². The summed E-state index contributed by atoms with van der Waals surface area (Å²) >= 11 is 0. The minimum absolute atomic E-state index is 0.389. The number of rotatable bonds is 3. The van der Waals surface area contributed by atoms with Gasteiger partial charge in [-0.3, -0.25) is 0 Å². The second-order valence-electron chi connectivity index (χ2n) is 6.57. The number of aliphatic carboxylic acids is 1. The Morgan fingerprint density at radius 1 is 1.00 bits per heavy atom.